The van der Waals surface area contributed by atoms with Gasteiger partial charge in [0.15, 0.2) is 0 Å². The van der Waals surface area contributed by atoms with E-state index in [0.717, 1.165) is 15.8 Å². The van der Waals surface area contributed by atoms with E-state index in [-0.39, 0.29) is 17.1 Å². The van der Waals surface area contributed by atoms with Gasteiger partial charge in [0.1, 0.15) is 4.75 Å². The first-order valence-corrected chi connectivity index (χ1v) is 8.65. The Morgan fingerprint density at radius 1 is 1.32 bits per heavy atom. The molecule has 2 amide bonds. The molecule has 0 saturated carbocycles. The number of hydrogen-bond donors (Lipinski definition) is 0. The van der Waals surface area contributed by atoms with Gasteiger partial charge in [-0.25, -0.2) is 0 Å². The highest BCUT2D eigenvalue weighted by Crippen LogP contribution is 2.54. The van der Waals surface area contributed by atoms with Crippen molar-refractivity contribution < 1.29 is 9.59 Å². The predicted octanol–water partition coefficient (Wildman–Crippen LogP) is 3.34. The Bertz CT molecular complexity index is 548. The molecule has 0 unspecified atom stereocenters. The van der Waals surface area contributed by atoms with Gasteiger partial charge in [-0.3, -0.25) is 14.5 Å². The summed E-state index contributed by atoms with van der Waals surface area (Å²) in [7, 11) is 1.58. The maximum Gasteiger partial charge on any atom is 0.289 e. The second-order valence-corrected chi connectivity index (χ2v) is 7.97. The van der Waals surface area contributed by atoms with Crippen molar-refractivity contribution >= 4 is 50.6 Å². The predicted molar refractivity (Wildman–Crippen MR) is 82.7 cm³/mol. The summed E-state index contributed by atoms with van der Waals surface area (Å²) in [5.74, 6) is 1.67. The summed E-state index contributed by atoms with van der Waals surface area (Å²) in [6, 6.07) is 8.06. The van der Waals surface area contributed by atoms with Crippen molar-refractivity contribution in [2.75, 3.05) is 18.6 Å². The van der Waals surface area contributed by atoms with E-state index in [9.17, 15) is 9.59 Å². The Balaban J connectivity index is 2.00. The fraction of sp³-hybridized carbons (Fsp3) is 0.385. The van der Waals surface area contributed by atoms with Crippen LogP contribution in [0.2, 0.25) is 0 Å². The first-order valence-electron chi connectivity index (χ1n) is 5.89. The summed E-state index contributed by atoms with van der Waals surface area (Å²) in [5.41, 5.74) is 1.14. The molecule has 0 radical (unpaired) electrons. The highest BCUT2D eigenvalue weighted by Gasteiger charge is 2.58. The van der Waals surface area contributed by atoms with Crippen molar-refractivity contribution in [2.45, 2.75) is 10.7 Å². The molecule has 0 aliphatic carbocycles. The number of halogens is 1. The number of carbonyl (C=O) groups is 2. The minimum atomic E-state index is -0.593. The normalized spacial score (nSPS) is 30.6. The van der Waals surface area contributed by atoms with Gasteiger partial charge in [-0.05, 0) is 29.5 Å². The summed E-state index contributed by atoms with van der Waals surface area (Å²) in [6.07, 6.45) is 0. The molecule has 2 heterocycles. The zero-order valence-corrected chi connectivity index (χ0v) is 13.5. The zero-order chi connectivity index (χ0) is 13.6. The number of hydrogen-bond acceptors (Lipinski definition) is 4. The first-order chi connectivity index (χ1) is 9.04. The number of carbonyl (C=O) groups excluding carboxylic acids is 2. The van der Waals surface area contributed by atoms with Gasteiger partial charge in [0.05, 0.1) is 0 Å². The molecule has 2 fully saturated rings. The van der Waals surface area contributed by atoms with Crippen LogP contribution in [0.15, 0.2) is 28.7 Å². The Morgan fingerprint density at radius 3 is 2.58 bits per heavy atom. The van der Waals surface area contributed by atoms with Gasteiger partial charge in [0.25, 0.3) is 5.24 Å². The Hall–Kier alpha value is -0.460. The minimum Gasteiger partial charge on any atom is -0.275 e. The van der Waals surface area contributed by atoms with Gasteiger partial charge in [0, 0.05) is 28.9 Å². The van der Waals surface area contributed by atoms with Gasteiger partial charge in [0.2, 0.25) is 5.91 Å². The van der Waals surface area contributed by atoms with Crippen molar-refractivity contribution in [1.29, 1.82) is 0 Å². The maximum atomic E-state index is 12.5. The van der Waals surface area contributed by atoms with Gasteiger partial charge < -0.3 is 0 Å². The molecule has 1 spiro atoms. The smallest absolute Gasteiger partial charge is 0.275 e. The third-order valence-electron chi connectivity index (χ3n) is 3.65. The van der Waals surface area contributed by atoms with Crippen LogP contribution in [-0.2, 0) is 4.79 Å². The fourth-order valence-corrected chi connectivity index (χ4v) is 6.00. The van der Waals surface area contributed by atoms with Gasteiger partial charge in [-0.1, -0.05) is 28.1 Å². The molecule has 2 atom stereocenters. The van der Waals surface area contributed by atoms with Crippen molar-refractivity contribution in [3.63, 3.8) is 0 Å². The van der Waals surface area contributed by atoms with Crippen LogP contribution in [0.5, 0.6) is 0 Å². The molecular weight excluding hydrogens is 346 g/mol. The molecular formula is C13H12BrNO2S2. The van der Waals surface area contributed by atoms with Crippen molar-refractivity contribution in [1.82, 2.24) is 4.90 Å². The molecule has 100 valence electrons. The third-order valence-corrected chi connectivity index (χ3v) is 7.00. The van der Waals surface area contributed by atoms with Gasteiger partial charge >= 0.3 is 0 Å². The lowest BCUT2D eigenvalue weighted by Crippen LogP contribution is -2.42. The number of amides is 2. The SMILES string of the molecule is CN1C(=O)S[C@@]2(CSC[C@@H]2c2ccc(Br)cc2)C1=O. The van der Waals surface area contributed by atoms with Crippen LogP contribution in [0, 0.1) is 0 Å². The van der Waals surface area contributed by atoms with Crippen LogP contribution < -0.4 is 0 Å². The summed E-state index contributed by atoms with van der Waals surface area (Å²) in [5, 5.41) is -0.130. The van der Waals surface area contributed by atoms with E-state index in [1.54, 1.807) is 18.8 Å². The number of thioether (sulfide) groups is 2. The number of nitrogens with zero attached hydrogens (tertiary/aromatic N) is 1. The molecule has 1 aromatic carbocycles. The fourth-order valence-electron chi connectivity index (χ4n) is 2.57. The minimum absolute atomic E-state index is 0.0413. The summed E-state index contributed by atoms with van der Waals surface area (Å²) >= 11 is 6.38. The summed E-state index contributed by atoms with van der Waals surface area (Å²) in [4.78, 5) is 25.5. The lowest BCUT2D eigenvalue weighted by atomic mass is 9.87. The lowest BCUT2D eigenvalue weighted by molar-refractivity contribution is -0.128. The van der Waals surface area contributed by atoms with E-state index in [2.05, 4.69) is 15.9 Å². The number of benzene rings is 1. The van der Waals surface area contributed by atoms with Crippen LogP contribution in [0.25, 0.3) is 0 Å². The molecule has 2 saturated heterocycles. The molecule has 0 N–H and O–H groups in total. The highest BCUT2D eigenvalue weighted by atomic mass is 79.9. The average molecular weight is 358 g/mol. The van der Waals surface area contributed by atoms with Gasteiger partial charge in [-0.15, -0.1) is 0 Å². The second-order valence-electron chi connectivity index (χ2n) is 4.74. The quantitative estimate of drug-likeness (QED) is 0.772. The number of rotatable bonds is 1. The van der Waals surface area contributed by atoms with E-state index in [1.807, 2.05) is 24.3 Å². The summed E-state index contributed by atoms with van der Waals surface area (Å²) in [6.45, 7) is 0. The molecule has 2 aliphatic heterocycles. The lowest BCUT2D eigenvalue weighted by Gasteiger charge is -2.26. The van der Waals surface area contributed by atoms with Crippen LogP contribution in [0.3, 0.4) is 0 Å². The van der Waals surface area contributed by atoms with E-state index in [4.69, 9.17) is 0 Å². The molecule has 3 rings (SSSR count). The second kappa shape index (κ2) is 4.82. The Kier molecular flexibility index (Phi) is 3.43. The van der Waals surface area contributed by atoms with Crippen molar-refractivity contribution in [3.8, 4) is 0 Å². The maximum absolute atomic E-state index is 12.5. The Labute approximate surface area is 128 Å². The zero-order valence-electron chi connectivity index (χ0n) is 10.3. The van der Waals surface area contributed by atoms with Crippen LogP contribution in [0.1, 0.15) is 11.5 Å². The van der Waals surface area contributed by atoms with Crippen molar-refractivity contribution in [3.05, 3.63) is 34.3 Å². The number of imide groups is 1. The van der Waals surface area contributed by atoms with Gasteiger partial charge in [-0.2, -0.15) is 11.8 Å². The van der Waals surface area contributed by atoms with Crippen molar-refractivity contribution in [2.24, 2.45) is 0 Å². The topological polar surface area (TPSA) is 37.4 Å². The molecule has 1 aromatic rings. The van der Waals surface area contributed by atoms with Crippen LogP contribution in [0.4, 0.5) is 4.79 Å². The third kappa shape index (κ3) is 2.04. The molecule has 0 bridgehead atoms. The standard InChI is InChI=1S/C13H12BrNO2S2/c1-15-11(16)13(19-12(15)17)7-18-6-10(13)8-2-4-9(14)5-3-8/h2-5,10H,6-7H2,1H3/t10-,13-/m1/s1. The van der Waals surface area contributed by atoms with E-state index < -0.39 is 4.75 Å². The van der Waals surface area contributed by atoms with E-state index in [0.29, 0.717) is 5.75 Å². The molecule has 2 aliphatic rings. The first kappa shape index (κ1) is 13.5. The van der Waals surface area contributed by atoms with Crippen LogP contribution >= 0.6 is 39.5 Å². The van der Waals surface area contributed by atoms with E-state index >= 15 is 0 Å². The average Bonchev–Trinajstić information content (AvgIpc) is 2.90. The largest absolute Gasteiger partial charge is 0.289 e. The Morgan fingerprint density at radius 2 is 2.00 bits per heavy atom. The van der Waals surface area contributed by atoms with E-state index in [1.165, 1.54) is 16.7 Å². The monoisotopic (exact) mass is 357 g/mol. The highest BCUT2D eigenvalue weighted by molar-refractivity contribution is 9.10. The van der Waals surface area contributed by atoms with Crippen LogP contribution in [-0.4, -0.2) is 39.3 Å². The molecule has 0 aromatic heterocycles. The molecule has 6 heteroatoms. The summed E-state index contributed by atoms with van der Waals surface area (Å²) < 4.78 is 0.430. The molecule has 3 nitrogen and oxygen atoms in total. The molecule has 19 heavy (non-hydrogen) atoms.